The van der Waals surface area contributed by atoms with Crippen molar-refractivity contribution in [2.24, 2.45) is 5.73 Å². The molecule has 0 spiro atoms. The number of nitrogens with two attached hydrogens (primary N) is 1. The SMILES string of the molecule is NCCCNCc1ccc(-n2cc3cc[nH]c3nc2=O)cc1. The van der Waals surface area contributed by atoms with Crippen LogP contribution in [0.5, 0.6) is 0 Å². The molecule has 0 atom stereocenters. The zero-order chi connectivity index (χ0) is 15.4. The number of nitrogens with zero attached hydrogens (tertiary/aromatic N) is 2. The van der Waals surface area contributed by atoms with Crippen LogP contribution in [-0.2, 0) is 6.54 Å². The van der Waals surface area contributed by atoms with Crippen molar-refractivity contribution in [1.82, 2.24) is 19.9 Å². The number of rotatable bonds is 6. The van der Waals surface area contributed by atoms with Crippen molar-refractivity contribution in [3.05, 3.63) is 58.8 Å². The standard InChI is InChI=1S/C16H19N5O/c17-7-1-8-18-10-12-2-4-14(5-3-12)21-11-13-6-9-19-15(13)20-16(21)22/h2-6,9,11,18H,1,7-8,10,17H2,(H,19,20,22). The van der Waals surface area contributed by atoms with Crippen LogP contribution in [0, 0.1) is 0 Å². The van der Waals surface area contributed by atoms with Gasteiger partial charge in [-0.3, -0.25) is 4.57 Å². The maximum Gasteiger partial charge on any atom is 0.354 e. The fraction of sp³-hybridized carbons (Fsp3) is 0.250. The minimum Gasteiger partial charge on any atom is -0.346 e. The highest BCUT2D eigenvalue weighted by atomic mass is 16.1. The zero-order valence-electron chi connectivity index (χ0n) is 12.2. The summed E-state index contributed by atoms with van der Waals surface area (Å²) in [5.74, 6) is 0. The van der Waals surface area contributed by atoms with Crippen molar-refractivity contribution in [2.75, 3.05) is 13.1 Å². The Morgan fingerprint density at radius 2 is 2.05 bits per heavy atom. The van der Waals surface area contributed by atoms with E-state index in [4.69, 9.17) is 5.73 Å². The molecule has 0 unspecified atom stereocenters. The maximum atomic E-state index is 12.1. The molecule has 6 nitrogen and oxygen atoms in total. The second-order valence-corrected chi connectivity index (χ2v) is 5.16. The van der Waals surface area contributed by atoms with Gasteiger partial charge in [0, 0.05) is 24.3 Å². The summed E-state index contributed by atoms with van der Waals surface area (Å²) >= 11 is 0. The number of H-pyrrole nitrogens is 1. The Bertz CT molecular complexity index is 803. The smallest absolute Gasteiger partial charge is 0.346 e. The van der Waals surface area contributed by atoms with E-state index >= 15 is 0 Å². The van der Waals surface area contributed by atoms with E-state index in [9.17, 15) is 4.79 Å². The van der Waals surface area contributed by atoms with Crippen LogP contribution in [0.4, 0.5) is 0 Å². The van der Waals surface area contributed by atoms with E-state index in [-0.39, 0.29) is 5.69 Å². The largest absolute Gasteiger partial charge is 0.354 e. The molecule has 0 fully saturated rings. The maximum absolute atomic E-state index is 12.1. The molecular weight excluding hydrogens is 278 g/mol. The molecule has 6 heteroatoms. The van der Waals surface area contributed by atoms with Crippen LogP contribution in [-0.4, -0.2) is 27.6 Å². The summed E-state index contributed by atoms with van der Waals surface area (Å²) in [5, 5.41) is 4.24. The van der Waals surface area contributed by atoms with E-state index in [1.54, 1.807) is 17.0 Å². The first-order valence-corrected chi connectivity index (χ1v) is 7.35. The number of nitrogens with one attached hydrogen (secondary N) is 2. The summed E-state index contributed by atoms with van der Waals surface area (Å²) in [4.78, 5) is 19.0. The number of hydrogen-bond donors (Lipinski definition) is 3. The average Bonchev–Trinajstić information content (AvgIpc) is 2.98. The van der Waals surface area contributed by atoms with Crippen LogP contribution in [0.1, 0.15) is 12.0 Å². The van der Waals surface area contributed by atoms with Crippen LogP contribution >= 0.6 is 0 Å². The van der Waals surface area contributed by atoms with Crippen LogP contribution in [0.25, 0.3) is 16.7 Å². The van der Waals surface area contributed by atoms with Crippen molar-refractivity contribution < 1.29 is 0 Å². The molecule has 3 rings (SSSR count). The molecule has 0 aliphatic carbocycles. The molecule has 22 heavy (non-hydrogen) atoms. The van der Waals surface area contributed by atoms with Gasteiger partial charge in [0.2, 0.25) is 0 Å². The summed E-state index contributed by atoms with van der Waals surface area (Å²) in [6.07, 6.45) is 4.54. The molecule has 0 bridgehead atoms. The highest BCUT2D eigenvalue weighted by Gasteiger charge is 2.04. The number of fused-ring (bicyclic) bond motifs is 1. The third kappa shape index (κ3) is 3.08. The van der Waals surface area contributed by atoms with E-state index < -0.39 is 0 Å². The van der Waals surface area contributed by atoms with Crippen LogP contribution in [0.15, 0.2) is 47.5 Å². The fourth-order valence-electron chi connectivity index (χ4n) is 2.34. The molecule has 114 valence electrons. The van der Waals surface area contributed by atoms with Crippen molar-refractivity contribution in [1.29, 1.82) is 0 Å². The Morgan fingerprint density at radius 1 is 1.23 bits per heavy atom. The monoisotopic (exact) mass is 297 g/mol. The van der Waals surface area contributed by atoms with Gasteiger partial charge >= 0.3 is 5.69 Å². The lowest BCUT2D eigenvalue weighted by Gasteiger charge is -2.07. The van der Waals surface area contributed by atoms with Gasteiger partial charge in [0.05, 0.1) is 5.69 Å². The number of aromatic amines is 1. The lowest BCUT2D eigenvalue weighted by Crippen LogP contribution is -2.20. The fourth-order valence-corrected chi connectivity index (χ4v) is 2.34. The third-order valence-corrected chi connectivity index (χ3v) is 3.54. The Labute approximate surface area is 128 Å². The van der Waals surface area contributed by atoms with Gasteiger partial charge in [-0.2, -0.15) is 4.98 Å². The summed E-state index contributed by atoms with van der Waals surface area (Å²) in [6, 6.07) is 9.79. The van der Waals surface area contributed by atoms with Crippen LogP contribution in [0.2, 0.25) is 0 Å². The molecular formula is C16H19N5O. The lowest BCUT2D eigenvalue weighted by molar-refractivity contribution is 0.655. The molecule has 3 aromatic rings. The van der Waals surface area contributed by atoms with E-state index in [2.05, 4.69) is 15.3 Å². The molecule has 2 aromatic heterocycles. The first-order chi connectivity index (χ1) is 10.8. The molecule has 4 N–H and O–H groups in total. The summed E-state index contributed by atoms with van der Waals surface area (Å²) in [6.45, 7) is 2.40. The van der Waals surface area contributed by atoms with Gasteiger partial charge in [-0.05, 0) is 43.3 Å². The van der Waals surface area contributed by atoms with Gasteiger partial charge in [-0.15, -0.1) is 0 Å². The van der Waals surface area contributed by atoms with Gasteiger partial charge in [0.1, 0.15) is 5.65 Å². The normalized spacial score (nSPS) is 11.1. The molecule has 2 heterocycles. The van der Waals surface area contributed by atoms with Gasteiger partial charge < -0.3 is 16.0 Å². The highest BCUT2D eigenvalue weighted by molar-refractivity contribution is 5.74. The van der Waals surface area contributed by atoms with Gasteiger partial charge in [0.25, 0.3) is 0 Å². The Morgan fingerprint density at radius 3 is 2.82 bits per heavy atom. The number of aromatic nitrogens is 3. The lowest BCUT2D eigenvalue weighted by atomic mass is 10.2. The summed E-state index contributed by atoms with van der Waals surface area (Å²) in [5.41, 5.74) is 7.76. The molecule has 0 aliphatic rings. The van der Waals surface area contributed by atoms with Crippen molar-refractivity contribution in [3.63, 3.8) is 0 Å². The predicted octanol–water partition coefficient (Wildman–Crippen LogP) is 1.15. The average molecular weight is 297 g/mol. The molecule has 0 aliphatic heterocycles. The first kappa shape index (κ1) is 14.5. The molecule has 1 aromatic carbocycles. The minimum atomic E-state index is -0.288. The van der Waals surface area contributed by atoms with Crippen LogP contribution in [0.3, 0.4) is 0 Å². The quantitative estimate of drug-likeness (QED) is 0.596. The second kappa shape index (κ2) is 6.55. The number of benzene rings is 1. The van der Waals surface area contributed by atoms with Crippen LogP contribution < -0.4 is 16.7 Å². The summed E-state index contributed by atoms with van der Waals surface area (Å²) < 4.78 is 1.56. The third-order valence-electron chi connectivity index (χ3n) is 3.54. The Kier molecular flexibility index (Phi) is 4.32. The van der Waals surface area contributed by atoms with E-state index in [0.29, 0.717) is 12.2 Å². The van der Waals surface area contributed by atoms with E-state index in [0.717, 1.165) is 30.6 Å². The predicted molar refractivity (Wildman–Crippen MR) is 87.1 cm³/mol. The Balaban J connectivity index is 1.79. The van der Waals surface area contributed by atoms with E-state index in [1.807, 2.05) is 30.3 Å². The second-order valence-electron chi connectivity index (χ2n) is 5.16. The molecule has 0 saturated heterocycles. The zero-order valence-corrected chi connectivity index (χ0v) is 12.2. The highest BCUT2D eigenvalue weighted by Crippen LogP contribution is 2.11. The van der Waals surface area contributed by atoms with Crippen molar-refractivity contribution in [3.8, 4) is 5.69 Å². The Hall–Kier alpha value is -2.44. The topological polar surface area (TPSA) is 88.7 Å². The summed E-state index contributed by atoms with van der Waals surface area (Å²) in [7, 11) is 0. The minimum absolute atomic E-state index is 0.288. The van der Waals surface area contributed by atoms with Crippen molar-refractivity contribution in [2.45, 2.75) is 13.0 Å². The molecule has 0 saturated carbocycles. The molecule has 0 radical (unpaired) electrons. The van der Waals surface area contributed by atoms with Crippen molar-refractivity contribution >= 4 is 11.0 Å². The van der Waals surface area contributed by atoms with Gasteiger partial charge in [-0.25, -0.2) is 4.79 Å². The number of hydrogen-bond acceptors (Lipinski definition) is 4. The van der Waals surface area contributed by atoms with E-state index in [1.165, 1.54) is 5.56 Å². The van der Waals surface area contributed by atoms with Gasteiger partial charge in [-0.1, -0.05) is 12.1 Å². The molecule has 0 amide bonds. The van der Waals surface area contributed by atoms with Gasteiger partial charge in [0.15, 0.2) is 0 Å². The first-order valence-electron chi connectivity index (χ1n) is 7.35.